The molecule has 1 saturated heterocycles. The minimum atomic E-state index is 0.447. The van der Waals surface area contributed by atoms with Crippen LogP contribution in [-0.4, -0.2) is 33.4 Å². The van der Waals surface area contributed by atoms with Gasteiger partial charge in [0.2, 0.25) is 5.82 Å². The SMILES string of the molecule is c1ccc(-c2noc(-c3cc(C4CCNC4)[nH]n3)n2)cc1. The summed E-state index contributed by atoms with van der Waals surface area (Å²) in [4.78, 5) is 4.41. The Morgan fingerprint density at radius 1 is 1.19 bits per heavy atom. The van der Waals surface area contributed by atoms with E-state index >= 15 is 0 Å². The van der Waals surface area contributed by atoms with Crippen molar-refractivity contribution in [2.75, 3.05) is 13.1 Å². The highest BCUT2D eigenvalue weighted by Gasteiger charge is 2.20. The van der Waals surface area contributed by atoms with Gasteiger partial charge in [0.25, 0.3) is 5.89 Å². The minimum Gasteiger partial charge on any atom is -0.332 e. The van der Waals surface area contributed by atoms with Crippen LogP contribution < -0.4 is 5.32 Å². The lowest BCUT2D eigenvalue weighted by Crippen LogP contribution is -2.08. The lowest BCUT2D eigenvalue weighted by Gasteiger charge is -2.02. The summed E-state index contributed by atoms with van der Waals surface area (Å²) in [7, 11) is 0. The van der Waals surface area contributed by atoms with Crippen LogP contribution in [0.5, 0.6) is 0 Å². The van der Waals surface area contributed by atoms with Crippen molar-refractivity contribution in [3.63, 3.8) is 0 Å². The van der Waals surface area contributed by atoms with E-state index in [-0.39, 0.29) is 0 Å². The molecule has 4 rings (SSSR count). The molecule has 3 aromatic rings. The Morgan fingerprint density at radius 2 is 2.10 bits per heavy atom. The normalized spacial score (nSPS) is 18.2. The van der Waals surface area contributed by atoms with Crippen molar-refractivity contribution in [3.8, 4) is 23.0 Å². The first kappa shape index (κ1) is 12.3. The highest BCUT2D eigenvalue weighted by Crippen LogP contribution is 2.25. The van der Waals surface area contributed by atoms with Gasteiger partial charge in [-0.3, -0.25) is 5.10 Å². The summed E-state index contributed by atoms with van der Waals surface area (Å²) < 4.78 is 5.32. The predicted molar refractivity (Wildman–Crippen MR) is 77.5 cm³/mol. The average molecular weight is 281 g/mol. The van der Waals surface area contributed by atoms with E-state index < -0.39 is 0 Å². The zero-order valence-electron chi connectivity index (χ0n) is 11.4. The van der Waals surface area contributed by atoms with E-state index in [2.05, 4.69) is 25.7 Å². The molecule has 0 radical (unpaired) electrons. The number of aromatic amines is 1. The zero-order valence-corrected chi connectivity index (χ0v) is 11.4. The molecule has 21 heavy (non-hydrogen) atoms. The van der Waals surface area contributed by atoms with Gasteiger partial charge in [-0.1, -0.05) is 35.5 Å². The molecule has 1 fully saturated rings. The van der Waals surface area contributed by atoms with Crippen LogP contribution in [0.15, 0.2) is 40.9 Å². The first-order valence-electron chi connectivity index (χ1n) is 7.06. The van der Waals surface area contributed by atoms with Gasteiger partial charge in [0.15, 0.2) is 5.69 Å². The van der Waals surface area contributed by atoms with Gasteiger partial charge in [-0.25, -0.2) is 0 Å². The van der Waals surface area contributed by atoms with E-state index in [0.717, 1.165) is 30.8 Å². The first-order chi connectivity index (χ1) is 10.4. The van der Waals surface area contributed by atoms with Crippen LogP contribution in [0.3, 0.4) is 0 Å². The van der Waals surface area contributed by atoms with Crippen LogP contribution in [0.4, 0.5) is 0 Å². The molecule has 1 aliphatic rings. The second-order valence-electron chi connectivity index (χ2n) is 5.19. The number of benzene rings is 1. The minimum absolute atomic E-state index is 0.447. The lowest BCUT2D eigenvalue weighted by molar-refractivity contribution is 0.431. The highest BCUT2D eigenvalue weighted by atomic mass is 16.5. The summed E-state index contributed by atoms with van der Waals surface area (Å²) in [6, 6.07) is 11.8. The maximum absolute atomic E-state index is 5.32. The third-order valence-corrected chi connectivity index (χ3v) is 3.77. The van der Waals surface area contributed by atoms with Crippen molar-refractivity contribution in [2.24, 2.45) is 0 Å². The Kier molecular flexibility index (Phi) is 3.01. The molecule has 0 amide bonds. The van der Waals surface area contributed by atoms with E-state index in [0.29, 0.717) is 23.3 Å². The lowest BCUT2D eigenvalue weighted by atomic mass is 10.1. The maximum Gasteiger partial charge on any atom is 0.278 e. The monoisotopic (exact) mass is 281 g/mol. The molecule has 6 nitrogen and oxygen atoms in total. The molecule has 6 heteroatoms. The Hall–Kier alpha value is -2.47. The largest absolute Gasteiger partial charge is 0.332 e. The van der Waals surface area contributed by atoms with Crippen molar-refractivity contribution in [1.82, 2.24) is 25.7 Å². The Balaban J connectivity index is 1.61. The van der Waals surface area contributed by atoms with E-state index in [4.69, 9.17) is 4.52 Å². The molecule has 0 aliphatic carbocycles. The molecule has 1 atom stereocenters. The number of hydrogen-bond acceptors (Lipinski definition) is 5. The molecule has 1 aliphatic heterocycles. The van der Waals surface area contributed by atoms with Gasteiger partial charge in [-0.15, -0.1) is 0 Å². The Morgan fingerprint density at radius 3 is 2.90 bits per heavy atom. The summed E-state index contributed by atoms with van der Waals surface area (Å²) in [5.74, 6) is 1.52. The van der Waals surface area contributed by atoms with Gasteiger partial charge in [0.1, 0.15) is 0 Å². The van der Waals surface area contributed by atoms with Gasteiger partial charge in [0, 0.05) is 23.7 Å². The van der Waals surface area contributed by atoms with Gasteiger partial charge < -0.3 is 9.84 Å². The van der Waals surface area contributed by atoms with Crippen LogP contribution in [0.25, 0.3) is 23.0 Å². The van der Waals surface area contributed by atoms with Gasteiger partial charge in [0.05, 0.1) is 0 Å². The first-order valence-corrected chi connectivity index (χ1v) is 7.06. The highest BCUT2D eigenvalue weighted by molar-refractivity contribution is 5.57. The third kappa shape index (κ3) is 2.34. The maximum atomic E-state index is 5.32. The van der Waals surface area contributed by atoms with Crippen LogP contribution >= 0.6 is 0 Å². The third-order valence-electron chi connectivity index (χ3n) is 3.77. The molecule has 1 unspecified atom stereocenters. The summed E-state index contributed by atoms with van der Waals surface area (Å²) in [6.07, 6.45) is 1.13. The fourth-order valence-electron chi connectivity index (χ4n) is 2.61. The average Bonchev–Trinajstić information content (AvgIpc) is 3.27. The number of nitrogens with one attached hydrogen (secondary N) is 2. The molecule has 106 valence electrons. The van der Waals surface area contributed by atoms with Crippen LogP contribution in [0, 0.1) is 0 Å². The molecule has 1 aromatic carbocycles. The van der Waals surface area contributed by atoms with E-state index in [1.54, 1.807) is 0 Å². The second-order valence-corrected chi connectivity index (χ2v) is 5.19. The number of nitrogens with zero attached hydrogens (tertiary/aromatic N) is 3. The van der Waals surface area contributed by atoms with E-state index in [1.807, 2.05) is 36.4 Å². The number of rotatable bonds is 3. The predicted octanol–water partition coefficient (Wildman–Crippen LogP) is 2.20. The van der Waals surface area contributed by atoms with Crippen molar-refractivity contribution in [1.29, 1.82) is 0 Å². The quantitative estimate of drug-likeness (QED) is 0.769. The summed E-state index contributed by atoms with van der Waals surface area (Å²) >= 11 is 0. The fraction of sp³-hybridized carbons (Fsp3) is 0.267. The molecule has 0 saturated carbocycles. The van der Waals surface area contributed by atoms with Crippen LogP contribution in [0.2, 0.25) is 0 Å². The number of H-pyrrole nitrogens is 1. The summed E-state index contributed by atoms with van der Waals surface area (Å²) in [5.41, 5.74) is 2.75. The standard InChI is InChI=1S/C15H15N5O/c1-2-4-10(5-3-1)14-17-15(21-20-14)13-8-12(18-19-13)11-6-7-16-9-11/h1-5,8,11,16H,6-7,9H2,(H,18,19). The van der Waals surface area contributed by atoms with Crippen molar-refractivity contribution < 1.29 is 4.52 Å². The van der Waals surface area contributed by atoms with Gasteiger partial charge in [-0.05, 0) is 19.0 Å². The van der Waals surface area contributed by atoms with Gasteiger partial charge >= 0.3 is 0 Å². The second kappa shape index (κ2) is 5.14. The molecular weight excluding hydrogens is 266 g/mol. The number of hydrogen-bond donors (Lipinski definition) is 2. The molecule has 2 aromatic heterocycles. The Bertz CT molecular complexity index is 727. The smallest absolute Gasteiger partial charge is 0.278 e. The molecule has 3 heterocycles. The summed E-state index contributed by atoms with van der Waals surface area (Å²) in [6.45, 7) is 2.04. The van der Waals surface area contributed by atoms with Gasteiger partial charge in [-0.2, -0.15) is 10.1 Å². The zero-order chi connectivity index (χ0) is 14.1. The molecule has 0 spiro atoms. The van der Waals surface area contributed by atoms with E-state index in [1.165, 1.54) is 0 Å². The summed E-state index contributed by atoms with van der Waals surface area (Å²) in [5, 5.41) is 14.7. The Labute approximate surface area is 121 Å². The van der Waals surface area contributed by atoms with Crippen LogP contribution in [-0.2, 0) is 0 Å². The fourth-order valence-corrected chi connectivity index (χ4v) is 2.61. The van der Waals surface area contributed by atoms with E-state index in [9.17, 15) is 0 Å². The van der Waals surface area contributed by atoms with Crippen molar-refractivity contribution in [2.45, 2.75) is 12.3 Å². The number of aromatic nitrogens is 4. The van der Waals surface area contributed by atoms with Crippen LogP contribution in [0.1, 0.15) is 18.0 Å². The molecule has 0 bridgehead atoms. The van der Waals surface area contributed by atoms with Crippen molar-refractivity contribution >= 4 is 0 Å². The topological polar surface area (TPSA) is 79.6 Å². The van der Waals surface area contributed by atoms with Crippen molar-refractivity contribution in [3.05, 3.63) is 42.1 Å². The molecule has 2 N–H and O–H groups in total. The molecular formula is C15H15N5O.